The Morgan fingerprint density at radius 2 is 1.97 bits per heavy atom. The number of nitrogens with zero attached hydrogens (tertiary/aromatic N) is 2. The third kappa shape index (κ3) is 4.64. The predicted molar refractivity (Wildman–Crippen MR) is 120 cm³/mol. The standard InChI is InChI=1S/C25H27N3O5/c1-25(2)22(29)21(18-14-16(15-26)11-12-20(18)33-25)27-23(30)19-10-6-7-13-28(19)24(31)32-17-8-4-3-5-9-17/h3-5,8-9,11-12,14,19,21-22,29H,6-7,10,13H2,1-2H3,(H,27,30). The number of piperidine rings is 1. The van der Waals surface area contributed by atoms with Gasteiger partial charge in [0.05, 0.1) is 17.7 Å². The molecular weight excluding hydrogens is 422 g/mol. The number of rotatable bonds is 3. The van der Waals surface area contributed by atoms with Crippen LogP contribution in [0.5, 0.6) is 11.5 Å². The van der Waals surface area contributed by atoms with E-state index in [4.69, 9.17) is 9.47 Å². The highest BCUT2D eigenvalue weighted by Gasteiger charge is 2.45. The minimum Gasteiger partial charge on any atom is -0.485 e. The molecule has 1 saturated heterocycles. The molecule has 1 fully saturated rings. The molecule has 2 N–H and O–H groups in total. The third-order valence-electron chi connectivity index (χ3n) is 6.16. The van der Waals surface area contributed by atoms with E-state index in [0.717, 1.165) is 12.8 Å². The number of benzene rings is 2. The number of hydrogen-bond acceptors (Lipinski definition) is 6. The number of nitrogens with one attached hydrogen (secondary N) is 1. The number of likely N-dealkylation sites (tertiary alicyclic amines) is 1. The number of nitriles is 1. The maximum Gasteiger partial charge on any atom is 0.415 e. The van der Waals surface area contributed by atoms with Crippen LogP contribution in [0, 0.1) is 11.3 Å². The molecule has 2 aromatic rings. The lowest BCUT2D eigenvalue weighted by Gasteiger charge is -2.43. The molecule has 0 spiro atoms. The fourth-order valence-electron chi connectivity index (χ4n) is 4.35. The zero-order chi connectivity index (χ0) is 23.6. The van der Waals surface area contributed by atoms with Gasteiger partial charge >= 0.3 is 6.09 Å². The topological polar surface area (TPSA) is 112 Å². The number of aliphatic hydroxyl groups excluding tert-OH is 1. The van der Waals surface area contributed by atoms with Crippen LogP contribution in [0.4, 0.5) is 4.79 Å². The summed E-state index contributed by atoms with van der Waals surface area (Å²) in [5.41, 5.74) is -0.0323. The van der Waals surface area contributed by atoms with Crippen LogP contribution in [-0.4, -0.2) is 46.3 Å². The molecule has 0 bridgehead atoms. The second kappa shape index (κ2) is 9.12. The van der Waals surface area contributed by atoms with Crippen LogP contribution >= 0.6 is 0 Å². The molecular formula is C25H27N3O5. The molecule has 2 aliphatic heterocycles. The highest BCUT2D eigenvalue weighted by atomic mass is 16.6. The molecule has 8 heteroatoms. The van der Waals surface area contributed by atoms with Crippen molar-refractivity contribution in [3.63, 3.8) is 0 Å². The molecule has 2 aliphatic rings. The lowest BCUT2D eigenvalue weighted by Crippen LogP contribution is -2.58. The van der Waals surface area contributed by atoms with Crippen molar-refractivity contribution in [2.24, 2.45) is 0 Å². The highest BCUT2D eigenvalue weighted by molar-refractivity contribution is 5.87. The van der Waals surface area contributed by atoms with E-state index >= 15 is 0 Å². The molecule has 3 atom stereocenters. The van der Waals surface area contributed by atoms with Crippen LogP contribution in [0.25, 0.3) is 0 Å². The van der Waals surface area contributed by atoms with Crippen molar-refractivity contribution >= 4 is 12.0 Å². The molecule has 8 nitrogen and oxygen atoms in total. The van der Waals surface area contributed by atoms with Crippen molar-refractivity contribution in [1.82, 2.24) is 10.2 Å². The van der Waals surface area contributed by atoms with E-state index in [2.05, 4.69) is 11.4 Å². The zero-order valence-electron chi connectivity index (χ0n) is 18.7. The average molecular weight is 450 g/mol. The SMILES string of the molecule is CC1(C)Oc2ccc(C#N)cc2C(NC(=O)C2CCCCN2C(=O)Oc2ccccc2)C1O. The number of aliphatic hydroxyl groups is 1. The van der Waals surface area contributed by atoms with E-state index in [0.29, 0.717) is 35.6 Å². The Morgan fingerprint density at radius 3 is 2.70 bits per heavy atom. The van der Waals surface area contributed by atoms with Gasteiger partial charge in [0.2, 0.25) is 5.91 Å². The van der Waals surface area contributed by atoms with E-state index in [-0.39, 0.29) is 5.91 Å². The van der Waals surface area contributed by atoms with E-state index in [9.17, 15) is 20.0 Å². The first-order valence-electron chi connectivity index (χ1n) is 11.0. The van der Waals surface area contributed by atoms with Crippen molar-refractivity contribution in [2.75, 3.05) is 6.54 Å². The molecule has 0 radical (unpaired) electrons. The summed E-state index contributed by atoms with van der Waals surface area (Å²) in [7, 11) is 0. The molecule has 33 heavy (non-hydrogen) atoms. The van der Waals surface area contributed by atoms with Gasteiger partial charge < -0.3 is 19.9 Å². The second-order valence-corrected chi connectivity index (χ2v) is 8.89. The van der Waals surface area contributed by atoms with Gasteiger partial charge in [-0.25, -0.2) is 4.79 Å². The molecule has 2 amide bonds. The van der Waals surface area contributed by atoms with Crippen molar-refractivity contribution in [1.29, 1.82) is 5.26 Å². The van der Waals surface area contributed by atoms with Gasteiger partial charge in [0.15, 0.2) is 0 Å². The van der Waals surface area contributed by atoms with Crippen LogP contribution in [0.1, 0.15) is 50.3 Å². The number of fused-ring (bicyclic) bond motifs is 1. The number of para-hydroxylation sites is 1. The Kier molecular flexibility index (Phi) is 6.25. The van der Waals surface area contributed by atoms with Gasteiger partial charge in [-0.15, -0.1) is 0 Å². The summed E-state index contributed by atoms with van der Waals surface area (Å²) in [6, 6.07) is 14.2. The fraction of sp³-hybridized carbons (Fsp3) is 0.400. The molecule has 4 rings (SSSR count). The fourth-order valence-corrected chi connectivity index (χ4v) is 4.35. The summed E-state index contributed by atoms with van der Waals surface area (Å²) < 4.78 is 11.4. The average Bonchev–Trinajstić information content (AvgIpc) is 2.82. The quantitative estimate of drug-likeness (QED) is 0.744. The summed E-state index contributed by atoms with van der Waals surface area (Å²) in [5.74, 6) is 0.528. The monoisotopic (exact) mass is 449 g/mol. The van der Waals surface area contributed by atoms with Crippen molar-refractivity contribution < 1.29 is 24.2 Å². The first-order chi connectivity index (χ1) is 15.8. The Labute approximate surface area is 192 Å². The number of carbonyl (C=O) groups is 2. The van der Waals surface area contributed by atoms with Crippen LogP contribution in [0.2, 0.25) is 0 Å². The van der Waals surface area contributed by atoms with E-state index in [1.807, 2.05) is 6.07 Å². The number of hydrogen-bond donors (Lipinski definition) is 2. The Balaban J connectivity index is 1.57. The molecule has 0 aliphatic carbocycles. The van der Waals surface area contributed by atoms with E-state index in [1.165, 1.54) is 4.90 Å². The lowest BCUT2D eigenvalue weighted by atomic mass is 9.85. The molecule has 2 aromatic carbocycles. The van der Waals surface area contributed by atoms with Gasteiger partial charge in [0.25, 0.3) is 0 Å². The lowest BCUT2D eigenvalue weighted by molar-refractivity contribution is -0.131. The van der Waals surface area contributed by atoms with Crippen LogP contribution in [-0.2, 0) is 4.79 Å². The van der Waals surface area contributed by atoms with Crippen LogP contribution in [0.15, 0.2) is 48.5 Å². The van der Waals surface area contributed by atoms with Gasteiger partial charge in [-0.2, -0.15) is 5.26 Å². The largest absolute Gasteiger partial charge is 0.485 e. The highest BCUT2D eigenvalue weighted by Crippen LogP contribution is 2.40. The minimum atomic E-state index is -1.06. The van der Waals surface area contributed by atoms with Crippen molar-refractivity contribution in [2.45, 2.75) is 56.9 Å². The Bertz CT molecular complexity index is 1080. The second-order valence-electron chi connectivity index (χ2n) is 8.89. The number of amides is 2. The van der Waals surface area contributed by atoms with Gasteiger partial charge in [0.1, 0.15) is 29.2 Å². The van der Waals surface area contributed by atoms with Crippen molar-refractivity contribution in [3.05, 3.63) is 59.7 Å². The zero-order valence-corrected chi connectivity index (χ0v) is 18.7. The first-order valence-corrected chi connectivity index (χ1v) is 11.0. The summed E-state index contributed by atoms with van der Waals surface area (Å²) in [6.45, 7) is 3.88. The summed E-state index contributed by atoms with van der Waals surface area (Å²) >= 11 is 0. The maximum atomic E-state index is 13.4. The maximum absolute atomic E-state index is 13.4. The van der Waals surface area contributed by atoms with Crippen LogP contribution in [0.3, 0.4) is 0 Å². The van der Waals surface area contributed by atoms with Gasteiger partial charge in [-0.05, 0) is 63.4 Å². The number of carbonyl (C=O) groups excluding carboxylic acids is 2. The molecule has 0 saturated carbocycles. The van der Waals surface area contributed by atoms with Gasteiger partial charge in [-0.1, -0.05) is 18.2 Å². The molecule has 172 valence electrons. The van der Waals surface area contributed by atoms with E-state index in [1.54, 1.807) is 56.3 Å². The Morgan fingerprint density at radius 1 is 1.21 bits per heavy atom. The van der Waals surface area contributed by atoms with Crippen LogP contribution < -0.4 is 14.8 Å². The summed E-state index contributed by atoms with van der Waals surface area (Å²) in [5, 5.41) is 23.2. The smallest absolute Gasteiger partial charge is 0.415 e. The third-order valence-corrected chi connectivity index (χ3v) is 6.16. The first kappa shape index (κ1) is 22.6. The number of ether oxygens (including phenoxy) is 2. The van der Waals surface area contributed by atoms with Crippen molar-refractivity contribution in [3.8, 4) is 17.6 Å². The molecule has 2 heterocycles. The van der Waals surface area contributed by atoms with E-state index < -0.39 is 29.9 Å². The molecule has 0 aromatic heterocycles. The normalized spacial score (nSPS) is 23.5. The minimum absolute atomic E-state index is 0.380. The molecule has 3 unspecified atom stereocenters. The van der Waals surface area contributed by atoms with Gasteiger partial charge in [0, 0.05) is 12.1 Å². The Hall–Kier alpha value is -3.57. The summed E-state index contributed by atoms with van der Waals surface area (Å²) in [6.07, 6.45) is 0.417. The predicted octanol–water partition coefficient (Wildman–Crippen LogP) is 3.30. The van der Waals surface area contributed by atoms with Gasteiger partial charge in [-0.3, -0.25) is 9.69 Å². The summed E-state index contributed by atoms with van der Waals surface area (Å²) in [4.78, 5) is 27.7.